The molecule has 0 aliphatic rings. The highest BCUT2D eigenvalue weighted by Crippen LogP contribution is 2.17. The first-order chi connectivity index (χ1) is 10.6. The molecule has 0 atom stereocenters. The highest BCUT2D eigenvalue weighted by atomic mass is 79.9. The molecule has 0 saturated heterocycles. The summed E-state index contributed by atoms with van der Waals surface area (Å²) in [6.45, 7) is 1.89. The molecule has 0 saturated carbocycles. The van der Waals surface area contributed by atoms with Crippen molar-refractivity contribution in [1.29, 1.82) is 0 Å². The van der Waals surface area contributed by atoms with Gasteiger partial charge in [-0.25, -0.2) is 4.68 Å². The van der Waals surface area contributed by atoms with E-state index in [0.29, 0.717) is 5.56 Å². The molecular weight excluding hydrogens is 342 g/mol. The number of para-hydroxylation sites is 1. The van der Waals surface area contributed by atoms with E-state index in [1.807, 2.05) is 61.5 Å². The Morgan fingerprint density at radius 2 is 1.77 bits per heavy atom. The van der Waals surface area contributed by atoms with Gasteiger partial charge in [-0.05, 0) is 43.3 Å². The van der Waals surface area contributed by atoms with E-state index >= 15 is 0 Å². The number of hydrogen-bond donors (Lipinski definition) is 1. The van der Waals surface area contributed by atoms with Crippen LogP contribution in [0.2, 0.25) is 0 Å². The Labute approximate surface area is 136 Å². The predicted molar refractivity (Wildman–Crippen MR) is 90.4 cm³/mol. The number of halogens is 1. The minimum Gasteiger partial charge on any atom is -0.322 e. The highest BCUT2D eigenvalue weighted by molar-refractivity contribution is 9.10. The topological polar surface area (TPSA) is 46.9 Å². The van der Waals surface area contributed by atoms with E-state index in [9.17, 15) is 4.79 Å². The smallest absolute Gasteiger partial charge is 0.259 e. The number of carbonyl (C=O) groups excluding carboxylic acids is 1. The quantitative estimate of drug-likeness (QED) is 0.765. The van der Waals surface area contributed by atoms with Crippen LogP contribution < -0.4 is 5.32 Å². The lowest BCUT2D eigenvalue weighted by atomic mass is 10.2. The monoisotopic (exact) mass is 355 g/mol. The fourth-order valence-electron chi connectivity index (χ4n) is 2.19. The number of nitrogens with one attached hydrogen (secondary N) is 1. The van der Waals surface area contributed by atoms with Crippen molar-refractivity contribution in [1.82, 2.24) is 9.78 Å². The molecule has 4 nitrogen and oxygen atoms in total. The van der Waals surface area contributed by atoms with Crippen molar-refractivity contribution in [3.05, 3.63) is 76.5 Å². The second-order valence-electron chi connectivity index (χ2n) is 4.85. The van der Waals surface area contributed by atoms with Gasteiger partial charge < -0.3 is 5.32 Å². The number of benzene rings is 2. The average molecular weight is 356 g/mol. The van der Waals surface area contributed by atoms with Gasteiger partial charge in [0, 0.05) is 10.2 Å². The second kappa shape index (κ2) is 6.15. The Kier molecular flexibility index (Phi) is 4.06. The average Bonchev–Trinajstić information content (AvgIpc) is 2.92. The molecule has 3 aromatic rings. The molecule has 1 aromatic heterocycles. The van der Waals surface area contributed by atoms with Crippen molar-refractivity contribution < 1.29 is 4.79 Å². The maximum absolute atomic E-state index is 12.4. The van der Waals surface area contributed by atoms with Crippen LogP contribution in [-0.2, 0) is 0 Å². The van der Waals surface area contributed by atoms with Gasteiger partial charge in [-0.15, -0.1) is 0 Å². The summed E-state index contributed by atoms with van der Waals surface area (Å²) in [5.41, 5.74) is 3.05. The van der Waals surface area contributed by atoms with Gasteiger partial charge in [0.25, 0.3) is 5.91 Å². The van der Waals surface area contributed by atoms with Crippen LogP contribution in [0.1, 0.15) is 16.1 Å². The van der Waals surface area contributed by atoms with Crippen LogP contribution in [0.3, 0.4) is 0 Å². The SMILES string of the molecule is Cc1c(C(=O)Nc2ccc(Br)cc2)cnn1-c1ccccc1. The van der Waals surface area contributed by atoms with Gasteiger partial charge in [0.05, 0.1) is 23.1 Å². The molecule has 5 heteroatoms. The van der Waals surface area contributed by atoms with E-state index < -0.39 is 0 Å². The zero-order valence-corrected chi connectivity index (χ0v) is 13.5. The molecule has 1 amide bonds. The molecule has 0 aliphatic carbocycles. The standard InChI is InChI=1S/C17H14BrN3O/c1-12-16(11-19-21(12)15-5-3-2-4-6-15)17(22)20-14-9-7-13(18)8-10-14/h2-11H,1H3,(H,20,22). The van der Waals surface area contributed by atoms with Gasteiger partial charge in [0.15, 0.2) is 0 Å². The van der Waals surface area contributed by atoms with Gasteiger partial charge in [0.1, 0.15) is 0 Å². The maximum Gasteiger partial charge on any atom is 0.259 e. The van der Waals surface area contributed by atoms with E-state index in [2.05, 4.69) is 26.3 Å². The summed E-state index contributed by atoms with van der Waals surface area (Å²) in [5, 5.41) is 7.19. The molecule has 0 unspecified atom stereocenters. The molecule has 0 bridgehead atoms. The minimum absolute atomic E-state index is 0.165. The second-order valence-corrected chi connectivity index (χ2v) is 5.77. The van der Waals surface area contributed by atoms with Crippen LogP contribution >= 0.6 is 15.9 Å². The number of nitrogens with zero attached hydrogens (tertiary/aromatic N) is 2. The molecule has 1 N–H and O–H groups in total. The molecular formula is C17H14BrN3O. The van der Waals surface area contributed by atoms with Crippen molar-refractivity contribution in [2.75, 3.05) is 5.32 Å². The number of rotatable bonds is 3. The van der Waals surface area contributed by atoms with E-state index in [4.69, 9.17) is 0 Å². The van der Waals surface area contributed by atoms with Crippen LogP contribution in [-0.4, -0.2) is 15.7 Å². The van der Waals surface area contributed by atoms with Gasteiger partial charge in [-0.3, -0.25) is 4.79 Å². The van der Waals surface area contributed by atoms with Crippen LogP contribution in [0, 0.1) is 6.92 Å². The van der Waals surface area contributed by atoms with Crippen molar-refractivity contribution in [3.63, 3.8) is 0 Å². The highest BCUT2D eigenvalue weighted by Gasteiger charge is 2.15. The molecule has 2 aromatic carbocycles. The molecule has 0 radical (unpaired) electrons. The molecule has 0 spiro atoms. The van der Waals surface area contributed by atoms with E-state index in [1.165, 1.54) is 0 Å². The first-order valence-corrected chi connectivity index (χ1v) is 7.61. The lowest BCUT2D eigenvalue weighted by Gasteiger charge is -2.06. The Bertz CT molecular complexity index is 795. The van der Waals surface area contributed by atoms with E-state index in [-0.39, 0.29) is 5.91 Å². The number of anilines is 1. The summed E-state index contributed by atoms with van der Waals surface area (Å²) in [5.74, 6) is -0.165. The zero-order valence-electron chi connectivity index (χ0n) is 12.0. The van der Waals surface area contributed by atoms with Crippen molar-refractivity contribution in [2.24, 2.45) is 0 Å². The first-order valence-electron chi connectivity index (χ1n) is 6.82. The fourth-order valence-corrected chi connectivity index (χ4v) is 2.46. The largest absolute Gasteiger partial charge is 0.322 e. The van der Waals surface area contributed by atoms with Gasteiger partial charge in [0.2, 0.25) is 0 Å². The van der Waals surface area contributed by atoms with Crippen molar-refractivity contribution >= 4 is 27.5 Å². The minimum atomic E-state index is -0.165. The summed E-state index contributed by atoms with van der Waals surface area (Å²) in [6, 6.07) is 17.2. The summed E-state index contributed by atoms with van der Waals surface area (Å²) in [4.78, 5) is 12.4. The van der Waals surface area contributed by atoms with Crippen molar-refractivity contribution in [3.8, 4) is 5.69 Å². The Morgan fingerprint density at radius 3 is 2.45 bits per heavy atom. The third-order valence-corrected chi connectivity index (χ3v) is 3.89. The number of amides is 1. The summed E-state index contributed by atoms with van der Waals surface area (Å²) in [7, 11) is 0. The Hall–Kier alpha value is -2.40. The summed E-state index contributed by atoms with van der Waals surface area (Å²) in [6.07, 6.45) is 1.59. The van der Waals surface area contributed by atoms with E-state index in [1.54, 1.807) is 10.9 Å². The molecule has 110 valence electrons. The third kappa shape index (κ3) is 2.94. The van der Waals surface area contributed by atoms with Gasteiger partial charge in [-0.2, -0.15) is 5.10 Å². The van der Waals surface area contributed by atoms with Gasteiger partial charge in [-0.1, -0.05) is 34.1 Å². The predicted octanol–water partition coefficient (Wildman–Crippen LogP) is 4.20. The molecule has 22 heavy (non-hydrogen) atoms. The van der Waals surface area contributed by atoms with Gasteiger partial charge >= 0.3 is 0 Å². The Balaban J connectivity index is 1.85. The van der Waals surface area contributed by atoms with E-state index in [0.717, 1.165) is 21.5 Å². The van der Waals surface area contributed by atoms with Crippen molar-refractivity contribution in [2.45, 2.75) is 6.92 Å². The van der Waals surface area contributed by atoms with Crippen LogP contribution in [0.25, 0.3) is 5.69 Å². The third-order valence-electron chi connectivity index (χ3n) is 3.36. The Morgan fingerprint density at radius 1 is 1.09 bits per heavy atom. The number of aromatic nitrogens is 2. The maximum atomic E-state index is 12.4. The lowest BCUT2D eigenvalue weighted by Crippen LogP contribution is -2.13. The summed E-state index contributed by atoms with van der Waals surface area (Å²) < 4.78 is 2.73. The molecule has 1 heterocycles. The lowest BCUT2D eigenvalue weighted by molar-refractivity contribution is 0.102. The molecule has 3 rings (SSSR count). The first kappa shape index (κ1) is 14.5. The zero-order chi connectivity index (χ0) is 15.5. The molecule has 0 aliphatic heterocycles. The fraction of sp³-hybridized carbons (Fsp3) is 0.0588. The van der Waals surface area contributed by atoms with Crippen LogP contribution in [0.4, 0.5) is 5.69 Å². The normalized spacial score (nSPS) is 10.5. The molecule has 0 fully saturated rings. The number of hydrogen-bond acceptors (Lipinski definition) is 2. The number of carbonyl (C=O) groups is 1. The van der Waals surface area contributed by atoms with Crippen LogP contribution in [0.15, 0.2) is 65.3 Å². The van der Waals surface area contributed by atoms with Crippen LogP contribution in [0.5, 0.6) is 0 Å². The summed E-state index contributed by atoms with van der Waals surface area (Å²) >= 11 is 3.37.